The number of amides is 1. The lowest BCUT2D eigenvalue weighted by Crippen LogP contribution is -2.31. The van der Waals surface area contributed by atoms with Gasteiger partial charge in [-0.2, -0.15) is 0 Å². The molecule has 2 rings (SSSR count). The van der Waals surface area contributed by atoms with E-state index >= 15 is 0 Å². The number of rotatable bonds is 8. The number of nitro benzene ring substituents is 1. The van der Waals surface area contributed by atoms with Gasteiger partial charge in [0.1, 0.15) is 5.56 Å². The Morgan fingerprint density at radius 3 is 2.52 bits per heavy atom. The van der Waals surface area contributed by atoms with Crippen LogP contribution >= 0.6 is 0 Å². The van der Waals surface area contributed by atoms with Gasteiger partial charge in [0.05, 0.1) is 18.6 Å². The van der Waals surface area contributed by atoms with E-state index < -0.39 is 4.92 Å². The fourth-order valence-electron chi connectivity index (χ4n) is 2.88. The van der Waals surface area contributed by atoms with E-state index in [1.165, 1.54) is 6.07 Å². The molecule has 2 aromatic carbocycles. The van der Waals surface area contributed by atoms with Crippen molar-refractivity contribution in [1.82, 2.24) is 4.90 Å². The highest BCUT2D eigenvalue weighted by atomic mass is 16.6. The molecule has 0 saturated carbocycles. The SMILES string of the molecule is CCOc1ccc(CN(CC)C(=O)c2cccc(C)c2[N+](=O)[O-])cc1OC. The van der Waals surface area contributed by atoms with Gasteiger partial charge in [-0.05, 0) is 44.5 Å². The normalized spacial score (nSPS) is 10.4. The molecule has 0 aliphatic carbocycles. The minimum Gasteiger partial charge on any atom is -0.493 e. The average Bonchev–Trinajstić information content (AvgIpc) is 2.66. The van der Waals surface area contributed by atoms with Gasteiger partial charge in [0.25, 0.3) is 11.6 Å². The molecule has 0 spiro atoms. The second kappa shape index (κ2) is 9.02. The van der Waals surface area contributed by atoms with Gasteiger partial charge in [0.15, 0.2) is 11.5 Å². The summed E-state index contributed by atoms with van der Waals surface area (Å²) in [7, 11) is 1.56. The number of aryl methyl sites for hydroxylation is 1. The van der Waals surface area contributed by atoms with Gasteiger partial charge in [-0.25, -0.2) is 0 Å². The highest BCUT2D eigenvalue weighted by Gasteiger charge is 2.26. The van der Waals surface area contributed by atoms with Gasteiger partial charge in [0.2, 0.25) is 0 Å². The molecule has 1 amide bonds. The summed E-state index contributed by atoms with van der Waals surface area (Å²) in [5, 5.41) is 11.4. The standard InChI is InChI=1S/C20H24N2O5/c1-5-21(13-15-10-11-17(27-6-2)18(12-15)26-4)20(23)16-9-7-8-14(3)19(16)22(24)25/h7-12H,5-6,13H2,1-4H3. The van der Waals surface area contributed by atoms with Crippen LogP contribution in [0.4, 0.5) is 5.69 Å². The fourth-order valence-corrected chi connectivity index (χ4v) is 2.88. The Balaban J connectivity index is 2.32. The second-order valence-corrected chi connectivity index (χ2v) is 5.97. The first-order chi connectivity index (χ1) is 12.9. The molecule has 0 atom stereocenters. The summed E-state index contributed by atoms with van der Waals surface area (Å²) in [5.74, 6) is 0.840. The predicted octanol–water partition coefficient (Wildman–Crippen LogP) is 3.97. The van der Waals surface area contributed by atoms with E-state index in [0.29, 0.717) is 36.8 Å². The van der Waals surface area contributed by atoms with Crippen LogP contribution in [-0.2, 0) is 6.54 Å². The van der Waals surface area contributed by atoms with Crippen molar-refractivity contribution in [2.75, 3.05) is 20.3 Å². The van der Waals surface area contributed by atoms with E-state index in [2.05, 4.69) is 0 Å². The van der Waals surface area contributed by atoms with Crippen molar-refractivity contribution in [2.24, 2.45) is 0 Å². The van der Waals surface area contributed by atoms with Crippen LogP contribution in [0.15, 0.2) is 36.4 Å². The van der Waals surface area contributed by atoms with Gasteiger partial charge in [0, 0.05) is 18.7 Å². The Kier molecular flexibility index (Phi) is 6.76. The van der Waals surface area contributed by atoms with E-state index in [-0.39, 0.29) is 17.2 Å². The molecule has 144 valence electrons. The molecular weight excluding hydrogens is 348 g/mol. The maximum atomic E-state index is 12.9. The molecule has 0 unspecified atom stereocenters. The van der Waals surface area contributed by atoms with Crippen molar-refractivity contribution < 1.29 is 19.2 Å². The molecule has 0 fully saturated rings. The van der Waals surface area contributed by atoms with Crippen molar-refractivity contribution in [1.29, 1.82) is 0 Å². The number of nitrogens with zero attached hydrogens (tertiary/aromatic N) is 2. The van der Waals surface area contributed by atoms with E-state index in [1.807, 2.05) is 26.0 Å². The molecule has 0 saturated heterocycles. The summed E-state index contributed by atoms with van der Waals surface area (Å²) < 4.78 is 10.9. The van der Waals surface area contributed by atoms with Crippen LogP contribution in [0, 0.1) is 17.0 Å². The van der Waals surface area contributed by atoms with E-state index in [0.717, 1.165) is 5.56 Å². The van der Waals surface area contributed by atoms with E-state index in [9.17, 15) is 14.9 Å². The third-order valence-corrected chi connectivity index (χ3v) is 4.22. The van der Waals surface area contributed by atoms with Crippen molar-refractivity contribution in [3.8, 4) is 11.5 Å². The van der Waals surface area contributed by atoms with Crippen LogP contribution in [-0.4, -0.2) is 36.0 Å². The lowest BCUT2D eigenvalue weighted by Gasteiger charge is -2.22. The first-order valence-electron chi connectivity index (χ1n) is 8.75. The number of para-hydroxylation sites is 1. The number of carbonyl (C=O) groups excluding carboxylic acids is 1. The van der Waals surface area contributed by atoms with Crippen molar-refractivity contribution in [3.05, 3.63) is 63.2 Å². The topological polar surface area (TPSA) is 81.9 Å². The molecule has 0 aliphatic heterocycles. The van der Waals surface area contributed by atoms with Crippen molar-refractivity contribution >= 4 is 11.6 Å². The third-order valence-electron chi connectivity index (χ3n) is 4.22. The summed E-state index contributed by atoms with van der Waals surface area (Å²) in [6.45, 7) is 6.60. The zero-order valence-corrected chi connectivity index (χ0v) is 16.0. The second-order valence-electron chi connectivity index (χ2n) is 5.97. The quantitative estimate of drug-likeness (QED) is 0.517. The molecule has 7 heteroatoms. The molecule has 2 aromatic rings. The van der Waals surface area contributed by atoms with Gasteiger partial charge in [-0.15, -0.1) is 0 Å². The highest BCUT2D eigenvalue weighted by Crippen LogP contribution is 2.29. The first kappa shape index (κ1) is 20.2. The summed E-state index contributed by atoms with van der Waals surface area (Å²) >= 11 is 0. The Morgan fingerprint density at radius 2 is 1.93 bits per heavy atom. The van der Waals surface area contributed by atoms with Gasteiger partial charge < -0.3 is 14.4 Å². The van der Waals surface area contributed by atoms with E-state index in [4.69, 9.17) is 9.47 Å². The maximum absolute atomic E-state index is 12.9. The molecule has 0 N–H and O–H groups in total. The number of hydrogen-bond donors (Lipinski definition) is 0. The molecule has 0 radical (unpaired) electrons. The summed E-state index contributed by atoms with van der Waals surface area (Å²) in [6.07, 6.45) is 0. The highest BCUT2D eigenvalue weighted by molar-refractivity contribution is 5.98. The minimum absolute atomic E-state index is 0.0970. The van der Waals surface area contributed by atoms with Crippen LogP contribution in [0.25, 0.3) is 0 Å². The summed E-state index contributed by atoms with van der Waals surface area (Å²) in [6, 6.07) is 10.2. The molecular formula is C20H24N2O5. The molecule has 0 aliphatic rings. The zero-order chi connectivity index (χ0) is 20.0. The number of hydrogen-bond acceptors (Lipinski definition) is 5. The number of carbonyl (C=O) groups is 1. The monoisotopic (exact) mass is 372 g/mol. The zero-order valence-electron chi connectivity index (χ0n) is 16.0. The average molecular weight is 372 g/mol. The Hall–Kier alpha value is -3.09. The van der Waals surface area contributed by atoms with Crippen LogP contribution in [0.2, 0.25) is 0 Å². The van der Waals surface area contributed by atoms with Crippen molar-refractivity contribution in [2.45, 2.75) is 27.3 Å². The lowest BCUT2D eigenvalue weighted by molar-refractivity contribution is -0.385. The lowest BCUT2D eigenvalue weighted by atomic mass is 10.1. The fraction of sp³-hybridized carbons (Fsp3) is 0.350. The van der Waals surface area contributed by atoms with Gasteiger partial charge in [-0.3, -0.25) is 14.9 Å². The van der Waals surface area contributed by atoms with Crippen LogP contribution in [0.5, 0.6) is 11.5 Å². The van der Waals surface area contributed by atoms with Crippen LogP contribution in [0.1, 0.15) is 35.3 Å². The van der Waals surface area contributed by atoms with Gasteiger partial charge in [-0.1, -0.05) is 18.2 Å². The molecule has 0 heterocycles. The van der Waals surface area contributed by atoms with E-state index in [1.54, 1.807) is 37.1 Å². The summed E-state index contributed by atoms with van der Waals surface area (Å²) in [5.41, 5.74) is 1.26. The van der Waals surface area contributed by atoms with Gasteiger partial charge >= 0.3 is 0 Å². The Morgan fingerprint density at radius 1 is 1.19 bits per heavy atom. The molecule has 7 nitrogen and oxygen atoms in total. The predicted molar refractivity (Wildman–Crippen MR) is 102 cm³/mol. The maximum Gasteiger partial charge on any atom is 0.285 e. The van der Waals surface area contributed by atoms with Crippen LogP contribution in [0.3, 0.4) is 0 Å². The van der Waals surface area contributed by atoms with Crippen molar-refractivity contribution in [3.63, 3.8) is 0 Å². The minimum atomic E-state index is -0.504. The number of nitro groups is 1. The molecule has 27 heavy (non-hydrogen) atoms. The first-order valence-corrected chi connectivity index (χ1v) is 8.75. The summed E-state index contributed by atoms with van der Waals surface area (Å²) in [4.78, 5) is 25.4. The number of ether oxygens (including phenoxy) is 2. The Bertz CT molecular complexity index is 835. The number of methoxy groups -OCH3 is 1. The molecule has 0 aromatic heterocycles. The Labute approximate surface area is 158 Å². The smallest absolute Gasteiger partial charge is 0.285 e. The largest absolute Gasteiger partial charge is 0.493 e. The third kappa shape index (κ3) is 4.55. The van der Waals surface area contributed by atoms with Crippen LogP contribution < -0.4 is 9.47 Å². The molecule has 0 bridgehead atoms. The number of benzene rings is 2.